The van der Waals surface area contributed by atoms with Gasteiger partial charge in [-0.2, -0.15) is 18.4 Å². The Hall–Kier alpha value is -1.58. The average Bonchev–Trinajstić information content (AvgIpc) is 2.26. The Balaban J connectivity index is 3.24. The number of halogens is 3. The van der Waals surface area contributed by atoms with Crippen LogP contribution >= 0.6 is 0 Å². The third-order valence-electron chi connectivity index (χ3n) is 2.15. The van der Waals surface area contributed by atoms with Crippen LogP contribution in [-0.4, -0.2) is 6.54 Å². The van der Waals surface area contributed by atoms with Gasteiger partial charge in [0.1, 0.15) is 0 Å². The maximum Gasteiger partial charge on any atom is 0.416 e. The van der Waals surface area contributed by atoms with E-state index in [0.717, 1.165) is 12.1 Å². The Kier molecular flexibility index (Phi) is 3.52. The first-order chi connectivity index (χ1) is 7.40. The smallest absolute Gasteiger partial charge is 0.329 e. The van der Waals surface area contributed by atoms with Crippen molar-refractivity contribution in [1.82, 2.24) is 0 Å². The Bertz CT molecular complexity index is 420. The number of rotatable bonds is 2. The van der Waals surface area contributed by atoms with Crippen LogP contribution < -0.4 is 11.5 Å². The van der Waals surface area contributed by atoms with E-state index in [1.54, 1.807) is 6.07 Å². The highest BCUT2D eigenvalue weighted by Crippen LogP contribution is 2.31. The van der Waals surface area contributed by atoms with Crippen LogP contribution in [0.3, 0.4) is 0 Å². The van der Waals surface area contributed by atoms with Gasteiger partial charge in [-0.25, -0.2) is 0 Å². The zero-order valence-corrected chi connectivity index (χ0v) is 8.25. The number of hydrogen-bond acceptors (Lipinski definition) is 3. The molecule has 0 fully saturated rings. The highest BCUT2D eigenvalue weighted by molar-refractivity contribution is 5.43. The van der Waals surface area contributed by atoms with Crippen LogP contribution in [0.5, 0.6) is 0 Å². The fourth-order valence-electron chi connectivity index (χ4n) is 1.28. The minimum atomic E-state index is -4.46. The maximum atomic E-state index is 12.4. The summed E-state index contributed by atoms with van der Waals surface area (Å²) in [6, 6.07) is 3.93. The van der Waals surface area contributed by atoms with Crippen LogP contribution in [0, 0.1) is 11.3 Å². The van der Waals surface area contributed by atoms with Crippen molar-refractivity contribution in [1.29, 1.82) is 5.26 Å². The van der Waals surface area contributed by atoms with E-state index in [-0.39, 0.29) is 12.1 Å². The number of nitriles is 1. The van der Waals surface area contributed by atoms with Gasteiger partial charge in [0.25, 0.3) is 0 Å². The summed E-state index contributed by atoms with van der Waals surface area (Å²) in [5, 5.41) is 8.74. The summed E-state index contributed by atoms with van der Waals surface area (Å²) in [7, 11) is 0. The second-order valence-corrected chi connectivity index (χ2v) is 3.25. The number of alkyl halides is 3. The van der Waals surface area contributed by atoms with Gasteiger partial charge in [-0.1, -0.05) is 6.07 Å². The summed E-state index contributed by atoms with van der Waals surface area (Å²) < 4.78 is 37.1. The van der Waals surface area contributed by atoms with E-state index in [9.17, 15) is 13.2 Å². The standard InChI is InChI=1S/C10H10F3N3/c11-10(12,13)7-1-2-8(9(16)5-15)6(3-7)4-14/h1-3,9H,5,15-16H2/t9-/m0/s1. The Morgan fingerprint density at radius 1 is 1.38 bits per heavy atom. The van der Waals surface area contributed by atoms with Crippen molar-refractivity contribution in [2.24, 2.45) is 11.5 Å². The van der Waals surface area contributed by atoms with Crippen molar-refractivity contribution in [2.45, 2.75) is 12.2 Å². The molecule has 0 bridgehead atoms. The molecular formula is C10H10F3N3. The molecule has 0 unspecified atom stereocenters. The van der Waals surface area contributed by atoms with E-state index in [1.165, 1.54) is 6.07 Å². The maximum absolute atomic E-state index is 12.4. The summed E-state index contributed by atoms with van der Waals surface area (Å²) in [6.07, 6.45) is -4.46. The van der Waals surface area contributed by atoms with Crippen LogP contribution in [0.15, 0.2) is 18.2 Å². The van der Waals surface area contributed by atoms with Crippen LogP contribution in [0.2, 0.25) is 0 Å². The number of nitrogens with two attached hydrogens (primary N) is 2. The molecule has 1 rings (SSSR count). The van der Waals surface area contributed by atoms with Crippen molar-refractivity contribution in [3.8, 4) is 6.07 Å². The summed E-state index contributed by atoms with van der Waals surface area (Å²) in [6.45, 7) is 0.0695. The highest BCUT2D eigenvalue weighted by Gasteiger charge is 2.31. The van der Waals surface area contributed by atoms with Gasteiger partial charge < -0.3 is 11.5 Å². The molecule has 3 nitrogen and oxygen atoms in total. The molecule has 4 N–H and O–H groups in total. The van der Waals surface area contributed by atoms with Crippen molar-refractivity contribution >= 4 is 0 Å². The largest absolute Gasteiger partial charge is 0.416 e. The van der Waals surface area contributed by atoms with E-state index in [1.807, 2.05) is 0 Å². The predicted molar refractivity (Wildman–Crippen MR) is 52.1 cm³/mol. The zero-order valence-electron chi connectivity index (χ0n) is 8.25. The minimum absolute atomic E-state index is 0.0695. The van der Waals surface area contributed by atoms with Crippen LogP contribution in [0.4, 0.5) is 13.2 Å². The van der Waals surface area contributed by atoms with Gasteiger partial charge in [-0.3, -0.25) is 0 Å². The lowest BCUT2D eigenvalue weighted by Crippen LogP contribution is -2.22. The van der Waals surface area contributed by atoms with Gasteiger partial charge in [0.2, 0.25) is 0 Å². The second kappa shape index (κ2) is 4.51. The first kappa shape index (κ1) is 12.5. The summed E-state index contributed by atoms with van der Waals surface area (Å²) in [5.74, 6) is 0. The van der Waals surface area contributed by atoms with E-state index in [0.29, 0.717) is 5.56 Å². The Morgan fingerprint density at radius 3 is 2.44 bits per heavy atom. The molecule has 1 aromatic carbocycles. The molecule has 86 valence electrons. The van der Waals surface area contributed by atoms with Crippen LogP contribution in [-0.2, 0) is 6.18 Å². The predicted octanol–water partition coefficient (Wildman–Crippen LogP) is 1.54. The second-order valence-electron chi connectivity index (χ2n) is 3.25. The van der Waals surface area contributed by atoms with E-state index in [4.69, 9.17) is 16.7 Å². The summed E-state index contributed by atoms with van der Waals surface area (Å²) >= 11 is 0. The number of nitrogens with zero attached hydrogens (tertiary/aromatic N) is 1. The molecule has 1 atom stereocenters. The molecule has 0 radical (unpaired) electrons. The molecule has 0 aliphatic heterocycles. The van der Waals surface area contributed by atoms with Crippen LogP contribution in [0.25, 0.3) is 0 Å². The van der Waals surface area contributed by atoms with Gasteiger partial charge in [0, 0.05) is 12.6 Å². The SMILES string of the molecule is N#Cc1cc(C(F)(F)F)ccc1[C@@H](N)CN. The number of benzene rings is 1. The zero-order chi connectivity index (χ0) is 12.3. The summed E-state index contributed by atoms with van der Waals surface area (Å²) in [5.41, 5.74) is 10.2. The first-order valence-electron chi connectivity index (χ1n) is 4.47. The molecule has 0 saturated heterocycles. The quantitative estimate of drug-likeness (QED) is 0.807. The van der Waals surface area contributed by atoms with Gasteiger partial charge in [0.15, 0.2) is 0 Å². The molecule has 0 aromatic heterocycles. The molecule has 1 aromatic rings. The lowest BCUT2D eigenvalue weighted by molar-refractivity contribution is -0.137. The molecule has 16 heavy (non-hydrogen) atoms. The Labute approximate surface area is 90.5 Å². The van der Waals surface area contributed by atoms with Gasteiger partial charge in [-0.05, 0) is 17.7 Å². The lowest BCUT2D eigenvalue weighted by Gasteiger charge is -2.13. The van der Waals surface area contributed by atoms with Crippen molar-refractivity contribution in [3.63, 3.8) is 0 Å². The normalized spacial score (nSPS) is 13.2. The fraction of sp³-hybridized carbons (Fsp3) is 0.300. The number of hydrogen-bond donors (Lipinski definition) is 2. The van der Waals surface area contributed by atoms with Gasteiger partial charge >= 0.3 is 6.18 Å². The molecular weight excluding hydrogens is 219 g/mol. The topological polar surface area (TPSA) is 75.8 Å². The van der Waals surface area contributed by atoms with Crippen molar-refractivity contribution in [3.05, 3.63) is 34.9 Å². The van der Waals surface area contributed by atoms with Crippen molar-refractivity contribution < 1.29 is 13.2 Å². The highest BCUT2D eigenvalue weighted by atomic mass is 19.4. The summed E-state index contributed by atoms with van der Waals surface area (Å²) in [4.78, 5) is 0. The third-order valence-corrected chi connectivity index (χ3v) is 2.15. The van der Waals surface area contributed by atoms with Crippen LogP contribution in [0.1, 0.15) is 22.7 Å². The monoisotopic (exact) mass is 229 g/mol. The van der Waals surface area contributed by atoms with E-state index in [2.05, 4.69) is 0 Å². The third kappa shape index (κ3) is 2.51. The molecule has 0 heterocycles. The molecule has 0 saturated carbocycles. The molecule has 0 aliphatic rings. The average molecular weight is 229 g/mol. The van der Waals surface area contributed by atoms with E-state index < -0.39 is 17.8 Å². The van der Waals surface area contributed by atoms with Gasteiger partial charge in [0.05, 0.1) is 17.2 Å². The van der Waals surface area contributed by atoms with Gasteiger partial charge in [-0.15, -0.1) is 0 Å². The molecule has 0 amide bonds. The molecule has 6 heteroatoms. The molecule has 0 spiro atoms. The lowest BCUT2D eigenvalue weighted by atomic mass is 9.99. The van der Waals surface area contributed by atoms with E-state index >= 15 is 0 Å². The first-order valence-corrected chi connectivity index (χ1v) is 4.47. The molecule has 0 aliphatic carbocycles. The minimum Gasteiger partial charge on any atom is -0.329 e. The fourth-order valence-corrected chi connectivity index (χ4v) is 1.28. The Morgan fingerprint density at radius 2 is 2.00 bits per heavy atom. The van der Waals surface area contributed by atoms with Crippen molar-refractivity contribution in [2.75, 3.05) is 6.54 Å².